The third-order valence-electron chi connectivity index (χ3n) is 4.32. The summed E-state index contributed by atoms with van der Waals surface area (Å²) in [6.45, 7) is 8.35. The second-order valence-corrected chi connectivity index (χ2v) is 6.51. The highest BCUT2D eigenvalue weighted by atomic mass is 16.1. The molecule has 0 aliphatic heterocycles. The highest BCUT2D eigenvalue weighted by Gasteiger charge is 2.06. The van der Waals surface area contributed by atoms with Crippen molar-refractivity contribution >= 4 is 6.29 Å². The van der Waals surface area contributed by atoms with E-state index >= 15 is 0 Å². The average molecular weight is 307 g/mol. The molecule has 1 atom stereocenters. The fourth-order valence-corrected chi connectivity index (χ4v) is 2.91. The largest absolute Gasteiger partial charge is 0.298 e. The quantitative estimate of drug-likeness (QED) is 0.129. The Morgan fingerprint density at radius 2 is 1.50 bits per heavy atom. The van der Waals surface area contributed by atoms with Crippen LogP contribution in [0, 0.1) is 5.92 Å². The molecule has 0 aliphatic rings. The lowest BCUT2D eigenvalue weighted by atomic mass is 9.93. The molecule has 0 bridgehead atoms. The van der Waals surface area contributed by atoms with Gasteiger partial charge in [0.1, 0.15) is 6.29 Å². The van der Waals surface area contributed by atoms with Crippen molar-refractivity contribution in [1.29, 1.82) is 0 Å². The van der Waals surface area contributed by atoms with Crippen LogP contribution >= 0.6 is 0 Å². The van der Waals surface area contributed by atoms with Crippen LogP contribution in [0.2, 0.25) is 0 Å². The number of aldehydes is 1. The van der Waals surface area contributed by atoms with E-state index in [1.165, 1.54) is 64.2 Å². The summed E-state index contributed by atoms with van der Waals surface area (Å²) in [6, 6.07) is 0. The van der Waals surface area contributed by atoms with E-state index in [2.05, 4.69) is 26.5 Å². The van der Waals surface area contributed by atoms with E-state index in [1.54, 1.807) is 0 Å². The summed E-state index contributed by atoms with van der Waals surface area (Å²) in [4.78, 5) is 11.3. The summed E-state index contributed by atoms with van der Waals surface area (Å²) in [6.07, 6.45) is 21.3. The minimum absolute atomic E-state index is 0.509. The Morgan fingerprint density at radius 1 is 0.909 bits per heavy atom. The molecule has 1 nitrogen and oxygen atoms in total. The zero-order chi connectivity index (χ0) is 16.5. The van der Waals surface area contributed by atoms with Gasteiger partial charge in [-0.1, -0.05) is 83.8 Å². The molecular weight excluding hydrogens is 268 g/mol. The van der Waals surface area contributed by atoms with E-state index < -0.39 is 0 Å². The molecule has 0 saturated heterocycles. The molecule has 0 fully saturated rings. The van der Waals surface area contributed by atoms with Crippen molar-refractivity contribution in [2.45, 2.75) is 97.3 Å². The fraction of sp³-hybridized carbons (Fsp3) is 0.762. The molecule has 1 heteroatoms. The van der Waals surface area contributed by atoms with E-state index in [-0.39, 0.29) is 0 Å². The molecule has 0 aromatic carbocycles. The molecule has 0 heterocycles. The van der Waals surface area contributed by atoms with Crippen molar-refractivity contribution < 1.29 is 4.79 Å². The number of unbranched alkanes of at least 4 members (excludes halogenated alkanes) is 8. The highest BCUT2D eigenvalue weighted by molar-refractivity contribution is 5.73. The Labute approximate surface area is 139 Å². The van der Waals surface area contributed by atoms with Gasteiger partial charge in [-0.3, -0.25) is 4.79 Å². The Hall–Kier alpha value is -0.850. The van der Waals surface area contributed by atoms with E-state index in [0.717, 1.165) is 31.1 Å². The van der Waals surface area contributed by atoms with E-state index in [0.29, 0.717) is 5.92 Å². The van der Waals surface area contributed by atoms with Gasteiger partial charge in [-0.2, -0.15) is 0 Å². The van der Waals surface area contributed by atoms with Crippen LogP contribution < -0.4 is 0 Å². The zero-order valence-electron chi connectivity index (χ0n) is 15.1. The molecule has 22 heavy (non-hydrogen) atoms. The Morgan fingerprint density at radius 3 is 2.05 bits per heavy atom. The van der Waals surface area contributed by atoms with Crippen LogP contribution in [0.5, 0.6) is 0 Å². The number of carbonyl (C=O) groups excluding carboxylic acids is 1. The molecular formula is C21H38O. The monoisotopic (exact) mass is 306 g/mol. The van der Waals surface area contributed by atoms with Gasteiger partial charge in [0, 0.05) is 0 Å². The Kier molecular flexibility index (Phi) is 15.9. The molecule has 0 amide bonds. The number of hydrogen-bond acceptors (Lipinski definition) is 1. The molecule has 0 aromatic rings. The summed E-state index contributed by atoms with van der Waals surface area (Å²) < 4.78 is 0. The van der Waals surface area contributed by atoms with Gasteiger partial charge < -0.3 is 0 Å². The van der Waals surface area contributed by atoms with Gasteiger partial charge in [-0.15, -0.1) is 6.58 Å². The smallest absolute Gasteiger partial charge is 0.145 e. The van der Waals surface area contributed by atoms with Gasteiger partial charge >= 0.3 is 0 Å². The third kappa shape index (κ3) is 12.9. The molecule has 0 rings (SSSR count). The van der Waals surface area contributed by atoms with Crippen LogP contribution in [-0.4, -0.2) is 6.29 Å². The summed E-state index contributed by atoms with van der Waals surface area (Å²) >= 11 is 0. The van der Waals surface area contributed by atoms with Crippen molar-refractivity contribution in [2.75, 3.05) is 0 Å². The molecule has 128 valence electrons. The van der Waals surface area contributed by atoms with Gasteiger partial charge in [0.25, 0.3) is 0 Å². The number of hydrogen-bond donors (Lipinski definition) is 0. The highest BCUT2D eigenvalue weighted by Crippen LogP contribution is 2.20. The normalized spacial score (nSPS) is 13.1. The summed E-state index contributed by atoms with van der Waals surface area (Å²) in [5.41, 5.74) is 1.01. The lowest BCUT2D eigenvalue weighted by molar-refractivity contribution is -0.105. The molecule has 1 unspecified atom stereocenters. The molecule has 0 radical (unpaired) electrons. The lowest BCUT2D eigenvalue weighted by Crippen LogP contribution is -1.99. The van der Waals surface area contributed by atoms with Crippen LogP contribution in [0.15, 0.2) is 24.3 Å². The van der Waals surface area contributed by atoms with Gasteiger partial charge in [0.05, 0.1) is 0 Å². The van der Waals surface area contributed by atoms with Crippen molar-refractivity contribution in [3.8, 4) is 0 Å². The van der Waals surface area contributed by atoms with E-state index in [9.17, 15) is 4.79 Å². The zero-order valence-corrected chi connectivity index (χ0v) is 15.1. The van der Waals surface area contributed by atoms with Crippen LogP contribution in [0.25, 0.3) is 0 Å². The summed E-state index contributed by atoms with van der Waals surface area (Å²) in [5.74, 6) is 0.509. The Bertz CT molecular complexity index is 290. The molecule has 0 aromatic heterocycles. The SMILES string of the molecule is C=CCC(C=C(C=O)CCCCCCC)CCCCCCC. The first-order chi connectivity index (χ1) is 10.8. The first-order valence-corrected chi connectivity index (χ1v) is 9.55. The number of rotatable bonds is 16. The first kappa shape index (κ1) is 21.1. The van der Waals surface area contributed by atoms with E-state index in [4.69, 9.17) is 0 Å². The van der Waals surface area contributed by atoms with Crippen LogP contribution in [0.4, 0.5) is 0 Å². The van der Waals surface area contributed by atoms with Crippen LogP contribution in [0.1, 0.15) is 97.3 Å². The first-order valence-electron chi connectivity index (χ1n) is 9.55. The van der Waals surface area contributed by atoms with Crippen LogP contribution in [0.3, 0.4) is 0 Å². The summed E-state index contributed by atoms with van der Waals surface area (Å²) in [5, 5.41) is 0. The second-order valence-electron chi connectivity index (χ2n) is 6.51. The fourth-order valence-electron chi connectivity index (χ4n) is 2.91. The maximum Gasteiger partial charge on any atom is 0.145 e. The Balaban J connectivity index is 4.13. The van der Waals surface area contributed by atoms with Crippen molar-refractivity contribution in [2.24, 2.45) is 5.92 Å². The second kappa shape index (κ2) is 16.5. The van der Waals surface area contributed by atoms with Gasteiger partial charge in [-0.25, -0.2) is 0 Å². The molecule has 0 spiro atoms. The van der Waals surface area contributed by atoms with Gasteiger partial charge in [0.2, 0.25) is 0 Å². The van der Waals surface area contributed by atoms with Crippen molar-refractivity contribution in [3.05, 3.63) is 24.3 Å². The predicted octanol–water partition coefficient (Wildman–Crippen LogP) is 7.03. The minimum Gasteiger partial charge on any atom is -0.298 e. The standard InChI is InChI=1S/C21H38O/c1-4-7-9-11-13-16-20(15-6-3)18-21(19-22)17-14-12-10-8-5-2/h6,18-20H,3-5,7-17H2,1-2H3. The average Bonchev–Trinajstić information content (AvgIpc) is 2.53. The summed E-state index contributed by atoms with van der Waals surface area (Å²) in [7, 11) is 0. The lowest BCUT2D eigenvalue weighted by Gasteiger charge is -2.12. The predicted molar refractivity (Wildman–Crippen MR) is 99.2 cm³/mol. The molecule has 0 aliphatic carbocycles. The van der Waals surface area contributed by atoms with E-state index in [1.807, 2.05) is 6.08 Å². The molecule has 0 N–H and O–H groups in total. The molecule has 0 saturated carbocycles. The minimum atomic E-state index is 0.509. The maximum absolute atomic E-state index is 11.3. The number of allylic oxidation sites excluding steroid dienone is 3. The number of carbonyl (C=O) groups is 1. The van der Waals surface area contributed by atoms with Crippen molar-refractivity contribution in [3.63, 3.8) is 0 Å². The van der Waals surface area contributed by atoms with Gasteiger partial charge in [0.15, 0.2) is 0 Å². The topological polar surface area (TPSA) is 17.1 Å². The van der Waals surface area contributed by atoms with Gasteiger partial charge in [-0.05, 0) is 37.2 Å². The van der Waals surface area contributed by atoms with Crippen LogP contribution in [-0.2, 0) is 4.79 Å². The third-order valence-corrected chi connectivity index (χ3v) is 4.32. The van der Waals surface area contributed by atoms with Crippen molar-refractivity contribution in [1.82, 2.24) is 0 Å². The maximum atomic E-state index is 11.3.